The van der Waals surface area contributed by atoms with Crippen molar-refractivity contribution in [2.75, 3.05) is 38.2 Å². The molecule has 1 aromatic rings. The van der Waals surface area contributed by atoms with Gasteiger partial charge in [-0.2, -0.15) is 0 Å². The van der Waals surface area contributed by atoms with Gasteiger partial charge in [0.15, 0.2) is 5.96 Å². The van der Waals surface area contributed by atoms with Gasteiger partial charge < -0.3 is 20.7 Å². The summed E-state index contributed by atoms with van der Waals surface area (Å²) in [4.78, 5) is 20.5. The number of aliphatic imine (C=N–C) groups is 1. The van der Waals surface area contributed by atoms with Crippen LogP contribution in [0.25, 0.3) is 0 Å². The van der Waals surface area contributed by atoms with Crippen molar-refractivity contribution in [2.45, 2.75) is 46.0 Å². The fourth-order valence-corrected chi connectivity index (χ4v) is 3.47. The van der Waals surface area contributed by atoms with E-state index in [0.29, 0.717) is 11.6 Å². The van der Waals surface area contributed by atoms with Gasteiger partial charge in [0.05, 0.1) is 11.9 Å². The van der Waals surface area contributed by atoms with Crippen LogP contribution < -0.4 is 16.0 Å². The number of hydrogen-bond donors (Lipinski definition) is 3. The first-order valence-corrected chi connectivity index (χ1v) is 9.97. The molecule has 3 N–H and O–H groups in total. The van der Waals surface area contributed by atoms with Gasteiger partial charge >= 0.3 is 0 Å². The first-order valence-electron chi connectivity index (χ1n) is 9.97. The highest BCUT2D eigenvalue weighted by molar-refractivity contribution is 14.0. The zero-order chi connectivity index (χ0) is 19.4. The molecule has 1 heterocycles. The molecule has 0 aromatic carbocycles. The average molecular weight is 503 g/mol. The summed E-state index contributed by atoms with van der Waals surface area (Å²) in [6.45, 7) is 7.30. The summed E-state index contributed by atoms with van der Waals surface area (Å²) in [5.74, 6) is 0.522. The predicted octanol–water partition coefficient (Wildman–Crippen LogP) is 3.18. The molecule has 8 heteroatoms. The van der Waals surface area contributed by atoms with Gasteiger partial charge in [-0.05, 0) is 50.7 Å². The maximum absolute atomic E-state index is 12.1. The minimum absolute atomic E-state index is 0. The highest BCUT2D eigenvalue weighted by Gasteiger charge is 2.33. The van der Waals surface area contributed by atoms with Gasteiger partial charge in [-0.15, -0.1) is 24.0 Å². The normalized spacial score (nSPS) is 15.6. The number of amides is 1. The zero-order valence-electron chi connectivity index (χ0n) is 17.0. The number of guanidine groups is 1. The summed E-state index contributed by atoms with van der Waals surface area (Å²) in [6.07, 6.45) is 9.33. The molecule has 0 aliphatic heterocycles. The standard InChI is InChI=1S/C20H33N5O2.HI/c1-3-22-19(23-15-18(26)25-17-8-7-12-21-14-17)24-16-20(9-5-6-10-20)11-13-27-4-2;/h7-8,12,14H,3-6,9-11,13,15-16H2,1-2H3,(H,25,26)(H2,22,23,24);1H. The lowest BCUT2D eigenvalue weighted by Gasteiger charge is -2.30. The molecule has 1 aromatic heterocycles. The van der Waals surface area contributed by atoms with E-state index in [0.717, 1.165) is 32.7 Å². The van der Waals surface area contributed by atoms with Crippen LogP contribution in [0.5, 0.6) is 0 Å². The Labute approximate surface area is 185 Å². The van der Waals surface area contributed by atoms with Crippen LogP contribution in [0.15, 0.2) is 29.5 Å². The summed E-state index contributed by atoms with van der Waals surface area (Å²) >= 11 is 0. The third kappa shape index (κ3) is 8.72. The second-order valence-electron chi connectivity index (χ2n) is 6.99. The number of carbonyl (C=O) groups is 1. The van der Waals surface area contributed by atoms with Crippen molar-refractivity contribution in [3.05, 3.63) is 24.5 Å². The Morgan fingerprint density at radius 2 is 2.07 bits per heavy atom. The number of nitrogens with one attached hydrogen (secondary N) is 3. The van der Waals surface area contributed by atoms with Gasteiger partial charge in [-0.25, -0.2) is 4.99 Å². The summed E-state index contributed by atoms with van der Waals surface area (Å²) in [5.41, 5.74) is 0.944. The van der Waals surface area contributed by atoms with E-state index < -0.39 is 0 Å². The summed E-state index contributed by atoms with van der Waals surface area (Å²) in [6, 6.07) is 3.59. The highest BCUT2D eigenvalue weighted by atomic mass is 127. The second kappa shape index (κ2) is 13.7. The van der Waals surface area contributed by atoms with Crippen molar-refractivity contribution in [1.29, 1.82) is 0 Å². The molecule has 0 radical (unpaired) electrons. The number of carbonyl (C=O) groups excluding carboxylic acids is 1. The van der Waals surface area contributed by atoms with Gasteiger partial charge in [0.1, 0.15) is 6.54 Å². The largest absolute Gasteiger partial charge is 0.382 e. The SMILES string of the molecule is CCNC(=NCC(=O)Nc1cccnc1)NCC1(CCOCC)CCCC1.I. The molecular formula is C20H34IN5O2. The highest BCUT2D eigenvalue weighted by Crippen LogP contribution is 2.40. The summed E-state index contributed by atoms with van der Waals surface area (Å²) in [5, 5.41) is 9.46. The van der Waals surface area contributed by atoms with Crippen LogP contribution >= 0.6 is 24.0 Å². The maximum atomic E-state index is 12.1. The fraction of sp³-hybridized carbons (Fsp3) is 0.650. The molecule has 0 spiro atoms. The molecule has 0 saturated heterocycles. The summed E-state index contributed by atoms with van der Waals surface area (Å²) < 4.78 is 5.58. The van der Waals surface area contributed by atoms with Crippen LogP contribution in [0.4, 0.5) is 5.69 Å². The predicted molar refractivity (Wildman–Crippen MR) is 124 cm³/mol. The van der Waals surface area contributed by atoms with Crippen molar-refractivity contribution in [2.24, 2.45) is 10.4 Å². The topological polar surface area (TPSA) is 87.6 Å². The Morgan fingerprint density at radius 3 is 2.71 bits per heavy atom. The second-order valence-corrected chi connectivity index (χ2v) is 6.99. The average Bonchev–Trinajstić information content (AvgIpc) is 3.14. The van der Waals surface area contributed by atoms with Crippen LogP contribution in [-0.4, -0.2) is 49.7 Å². The van der Waals surface area contributed by atoms with Crippen LogP contribution in [0.3, 0.4) is 0 Å². The van der Waals surface area contributed by atoms with Crippen LogP contribution in [0, 0.1) is 5.41 Å². The van der Waals surface area contributed by atoms with Crippen molar-refractivity contribution < 1.29 is 9.53 Å². The molecule has 0 unspecified atom stereocenters. The molecular weight excluding hydrogens is 469 g/mol. The third-order valence-electron chi connectivity index (χ3n) is 4.95. The smallest absolute Gasteiger partial charge is 0.246 e. The van der Waals surface area contributed by atoms with E-state index in [1.54, 1.807) is 24.5 Å². The minimum atomic E-state index is -0.160. The molecule has 158 valence electrons. The van der Waals surface area contributed by atoms with Crippen molar-refractivity contribution >= 4 is 41.5 Å². The number of ether oxygens (including phenoxy) is 1. The molecule has 2 rings (SSSR count). The number of pyridine rings is 1. The van der Waals surface area contributed by atoms with E-state index in [4.69, 9.17) is 4.74 Å². The van der Waals surface area contributed by atoms with E-state index in [9.17, 15) is 4.79 Å². The van der Waals surface area contributed by atoms with E-state index in [1.807, 2.05) is 13.8 Å². The lowest BCUT2D eigenvalue weighted by molar-refractivity contribution is -0.114. The molecule has 0 atom stereocenters. The minimum Gasteiger partial charge on any atom is -0.382 e. The summed E-state index contributed by atoms with van der Waals surface area (Å²) in [7, 11) is 0. The van der Waals surface area contributed by atoms with Crippen LogP contribution in [0.1, 0.15) is 46.0 Å². The molecule has 28 heavy (non-hydrogen) atoms. The first kappa shape index (κ1) is 24.6. The third-order valence-corrected chi connectivity index (χ3v) is 4.95. The zero-order valence-corrected chi connectivity index (χ0v) is 19.3. The number of rotatable bonds is 10. The van der Waals surface area contributed by atoms with Gasteiger partial charge in [0.2, 0.25) is 5.91 Å². The lowest BCUT2D eigenvalue weighted by atomic mass is 9.83. The van der Waals surface area contributed by atoms with Gasteiger partial charge in [-0.1, -0.05) is 12.8 Å². The Balaban J connectivity index is 0.00000392. The Bertz CT molecular complexity index is 592. The lowest BCUT2D eigenvalue weighted by Crippen LogP contribution is -2.43. The molecule has 1 amide bonds. The molecule has 1 saturated carbocycles. The van der Waals surface area contributed by atoms with Crippen LogP contribution in [0.2, 0.25) is 0 Å². The molecule has 7 nitrogen and oxygen atoms in total. The number of aromatic nitrogens is 1. The first-order chi connectivity index (χ1) is 13.2. The van der Waals surface area contributed by atoms with Gasteiger partial charge in [0.25, 0.3) is 0 Å². The van der Waals surface area contributed by atoms with Crippen molar-refractivity contribution in [3.63, 3.8) is 0 Å². The van der Waals surface area contributed by atoms with Crippen LogP contribution in [-0.2, 0) is 9.53 Å². The molecule has 0 bridgehead atoms. The Hall–Kier alpha value is -1.42. The quantitative estimate of drug-likeness (QED) is 0.198. The Morgan fingerprint density at radius 1 is 1.29 bits per heavy atom. The van der Waals surface area contributed by atoms with Crippen molar-refractivity contribution in [3.8, 4) is 0 Å². The molecule has 1 aliphatic rings. The van der Waals surface area contributed by atoms with E-state index in [-0.39, 0.29) is 41.8 Å². The number of halogens is 1. The number of anilines is 1. The number of hydrogen-bond acceptors (Lipinski definition) is 4. The Kier molecular flexibility index (Phi) is 12.1. The monoisotopic (exact) mass is 503 g/mol. The van der Waals surface area contributed by atoms with E-state index >= 15 is 0 Å². The fourth-order valence-electron chi connectivity index (χ4n) is 3.47. The van der Waals surface area contributed by atoms with Gasteiger partial charge in [0, 0.05) is 32.5 Å². The molecule has 1 aliphatic carbocycles. The van der Waals surface area contributed by atoms with E-state index in [2.05, 4.69) is 25.9 Å². The maximum Gasteiger partial charge on any atom is 0.246 e. The molecule has 1 fully saturated rings. The van der Waals surface area contributed by atoms with E-state index in [1.165, 1.54) is 25.7 Å². The van der Waals surface area contributed by atoms with Crippen molar-refractivity contribution in [1.82, 2.24) is 15.6 Å². The van der Waals surface area contributed by atoms with Gasteiger partial charge in [-0.3, -0.25) is 9.78 Å². The number of nitrogens with zero attached hydrogens (tertiary/aromatic N) is 2.